The highest BCUT2D eigenvalue weighted by Crippen LogP contribution is 2.33. The van der Waals surface area contributed by atoms with Crippen molar-refractivity contribution in [3.8, 4) is 0 Å². The Balaban J connectivity index is 1.53. The van der Waals surface area contributed by atoms with Gasteiger partial charge >= 0.3 is 18.4 Å². The molecule has 1 aliphatic heterocycles. The highest BCUT2D eigenvalue weighted by molar-refractivity contribution is 5.96. The number of carbonyl (C=O) groups is 3. The number of carbonyl (C=O) groups excluding carboxylic acids is 3. The number of alkyl halides is 3. The van der Waals surface area contributed by atoms with E-state index >= 15 is 4.39 Å². The molecule has 1 fully saturated rings. The van der Waals surface area contributed by atoms with Crippen molar-refractivity contribution in [2.45, 2.75) is 69.5 Å². The minimum absolute atomic E-state index is 0.0172. The second-order valence-corrected chi connectivity index (χ2v) is 13.4. The molecule has 296 valence electrons. The van der Waals surface area contributed by atoms with Gasteiger partial charge in [0.1, 0.15) is 48.1 Å². The number of hydrogen-bond acceptors (Lipinski definition) is 8. The average Bonchev–Trinajstić information content (AvgIpc) is 3.09. The monoisotopic (exact) mass is 783 g/mol. The van der Waals surface area contributed by atoms with Crippen molar-refractivity contribution < 1.29 is 59.3 Å². The van der Waals surface area contributed by atoms with Gasteiger partial charge in [0.25, 0.3) is 0 Å². The molecule has 1 unspecified atom stereocenters. The Morgan fingerprint density at radius 1 is 1.02 bits per heavy atom. The van der Waals surface area contributed by atoms with Crippen molar-refractivity contribution in [3.05, 3.63) is 105 Å². The summed E-state index contributed by atoms with van der Waals surface area (Å²) in [6.07, 6.45) is -5.82. The molecule has 1 saturated heterocycles. The number of rotatable bonds is 12. The molecule has 0 radical (unpaired) electrons. The summed E-state index contributed by atoms with van der Waals surface area (Å²) in [7, 11) is 0. The van der Waals surface area contributed by atoms with Crippen LogP contribution in [0.2, 0.25) is 0 Å². The third kappa shape index (κ3) is 12.5. The van der Waals surface area contributed by atoms with Gasteiger partial charge in [-0.15, -0.1) is 0 Å². The van der Waals surface area contributed by atoms with Crippen LogP contribution in [0.1, 0.15) is 49.8 Å². The van der Waals surface area contributed by atoms with Crippen LogP contribution in [-0.4, -0.2) is 84.2 Å². The lowest BCUT2D eigenvalue weighted by Gasteiger charge is -2.39. The number of anilines is 1. The minimum Gasteiger partial charge on any atom is -0.447 e. The molecule has 0 spiro atoms. The number of ether oxygens (including phenoxy) is 3. The topological polar surface area (TPSA) is 168 Å². The first-order valence-electron chi connectivity index (χ1n) is 16.6. The molecule has 3 aromatic rings. The summed E-state index contributed by atoms with van der Waals surface area (Å²) in [4.78, 5) is 46.5. The van der Waals surface area contributed by atoms with E-state index in [2.05, 4.69) is 20.3 Å². The molecule has 20 heteroatoms. The van der Waals surface area contributed by atoms with Gasteiger partial charge in [-0.3, -0.25) is 14.7 Å². The number of aromatic nitrogens is 1. The molecular weight excluding hydrogens is 747 g/mol. The number of pyridine rings is 1. The van der Waals surface area contributed by atoms with E-state index in [1.54, 1.807) is 26.1 Å². The van der Waals surface area contributed by atoms with Crippen molar-refractivity contribution in [1.82, 2.24) is 15.2 Å². The lowest BCUT2D eigenvalue weighted by Crippen LogP contribution is -2.55. The van der Waals surface area contributed by atoms with Crippen LogP contribution in [0.3, 0.4) is 0 Å². The molecule has 2 heterocycles. The van der Waals surface area contributed by atoms with Crippen molar-refractivity contribution >= 4 is 23.8 Å². The van der Waals surface area contributed by atoms with Gasteiger partial charge in [0, 0.05) is 22.5 Å². The number of alkyl carbamates (subject to hydrolysis) is 1. The van der Waals surface area contributed by atoms with Crippen LogP contribution in [0, 0.1) is 23.3 Å². The fourth-order valence-corrected chi connectivity index (χ4v) is 5.65. The van der Waals surface area contributed by atoms with Gasteiger partial charge in [0.15, 0.2) is 0 Å². The fourth-order valence-electron chi connectivity index (χ4n) is 5.65. The summed E-state index contributed by atoms with van der Waals surface area (Å²) >= 11 is 0. The van der Waals surface area contributed by atoms with E-state index in [-0.39, 0.29) is 48.4 Å². The van der Waals surface area contributed by atoms with E-state index in [4.69, 9.17) is 14.2 Å². The number of halogens is 7. The number of azide groups is 1. The number of hydrogen-bond donors (Lipinski definition) is 2. The lowest BCUT2D eigenvalue weighted by atomic mass is 9.84. The van der Waals surface area contributed by atoms with Crippen LogP contribution in [0.25, 0.3) is 10.4 Å². The van der Waals surface area contributed by atoms with Crippen molar-refractivity contribution in [2.75, 3.05) is 31.6 Å². The molecule has 4 atom stereocenters. The minimum atomic E-state index is -4.68. The van der Waals surface area contributed by atoms with E-state index in [1.807, 2.05) is 0 Å². The van der Waals surface area contributed by atoms with Gasteiger partial charge in [-0.25, -0.2) is 27.2 Å². The van der Waals surface area contributed by atoms with E-state index in [0.717, 1.165) is 36.7 Å². The van der Waals surface area contributed by atoms with E-state index < -0.39 is 90.4 Å². The van der Waals surface area contributed by atoms with Crippen LogP contribution in [0.4, 0.5) is 46.0 Å². The van der Waals surface area contributed by atoms with Crippen LogP contribution >= 0.6 is 0 Å². The maximum Gasteiger partial charge on any atom is 0.410 e. The summed E-state index contributed by atoms with van der Waals surface area (Å²) in [5.74, 6) is -5.89. The maximum atomic E-state index is 15.3. The Kier molecular flexibility index (Phi) is 13.9. The molecular formula is C35H36F7N7O6. The number of amides is 3. The molecule has 2 N–H and O–H groups in total. The van der Waals surface area contributed by atoms with Gasteiger partial charge in [-0.05, 0) is 74.5 Å². The SMILES string of the molecule is CC(C)(C)OC(=O)N1C[C@@H](CCc2c(F)cncc2NC(=O)C(N=[N+]=[N-])[C@@H](c2ccc(F)cc2)c2cc(F)cc(F)c2)OC[C@@H]1COC(=O)NCC(F)(F)F. The van der Waals surface area contributed by atoms with Crippen molar-refractivity contribution in [2.24, 2.45) is 5.11 Å². The standard InChI is InChI=1S/C35H36F7N7O6/c1-34(2,3)55-33(52)49-15-25(53-16-24(49)17-54-32(51)45-18-35(40,41)42)8-9-26-27(39)13-44-14-28(26)46-31(50)30(47-48-43)29(19-4-6-21(36)7-5-19)20-10-22(37)12-23(38)11-20/h4-7,10-14,24-25,29-30H,8-9,15-18H2,1-3H3,(H,45,51)(H,46,50)/t24-,25-,29+,30?/m1/s1. The molecule has 0 aliphatic carbocycles. The first-order chi connectivity index (χ1) is 25.8. The number of morpholine rings is 1. The average molecular weight is 784 g/mol. The normalized spacial score (nSPS) is 17.0. The largest absolute Gasteiger partial charge is 0.447 e. The maximum absolute atomic E-state index is 15.3. The Morgan fingerprint density at radius 2 is 1.69 bits per heavy atom. The second kappa shape index (κ2) is 18.1. The summed E-state index contributed by atoms with van der Waals surface area (Å²) in [5.41, 5.74) is 8.24. The Labute approximate surface area is 309 Å². The van der Waals surface area contributed by atoms with Gasteiger partial charge < -0.3 is 24.8 Å². The van der Waals surface area contributed by atoms with Crippen molar-refractivity contribution in [1.29, 1.82) is 0 Å². The van der Waals surface area contributed by atoms with Crippen LogP contribution < -0.4 is 10.6 Å². The zero-order valence-electron chi connectivity index (χ0n) is 29.6. The first-order valence-corrected chi connectivity index (χ1v) is 16.6. The van der Waals surface area contributed by atoms with E-state index in [0.29, 0.717) is 6.07 Å². The summed E-state index contributed by atoms with van der Waals surface area (Å²) < 4.78 is 112. The summed E-state index contributed by atoms with van der Waals surface area (Å²) in [6, 6.07) is 4.30. The molecule has 55 heavy (non-hydrogen) atoms. The Morgan fingerprint density at radius 3 is 2.31 bits per heavy atom. The molecule has 0 bridgehead atoms. The number of nitrogens with one attached hydrogen (secondary N) is 2. The highest BCUT2D eigenvalue weighted by atomic mass is 19.4. The number of nitrogens with zero attached hydrogens (tertiary/aromatic N) is 5. The summed E-state index contributed by atoms with van der Waals surface area (Å²) in [6.45, 7) is 2.20. The second-order valence-electron chi connectivity index (χ2n) is 13.4. The van der Waals surface area contributed by atoms with E-state index in [1.165, 1.54) is 17.0 Å². The Hall–Kier alpha value is -5.62. The molecule has 1 aliphatic rings. The fraction of sp³-hybridized carbons (Fsp3) is 0.429. The third-order valence-corrected chi connectivity index (χ3v) is 8.05. The van der Waals surface area contributed by atoms with Crippen molar-refractivity contribution in [3.63, 3.8) is 0 Å². The predicted molar refractivity (Wildman–Crippen MR) is 181 cm³/mol. The number of benzene rings is 2. The lowest BCUT2D eigenvalue weighted by molar-refractivity contribution is -0.124. The van der Waals surface area contributed by atoms with E-state index in [9.17, 15) is 46.3 Å². The third-order valence-electron chi connectivity index (χ3n) is 8.05. The molecule has 13 nitrogen and oxygen atoms in total. The Bertz CT molecular complexity index is 1870. The van der Waals surface area contributed by atoms with Gasteiger partial charge in [-0.2, -0.15) is 13.2 Å². The first kappa shape index (κ1) is 42.1. The van der Waals surface area contributed by atoms with Gasteiger partial charge in [-0.1, -0.05) is 17.2 Å². The molecule has 1 aromatic heterocycles. The van der Waals surface area contributed by atoms with Crippen LogP contribution in [-0.2, 0) is 25.4 Å². The molecule has 0 saturated carbocycles. The highest BCUT2D eigenvalue weighted by Gasteiger charge is 2.37. The quantitative estimate of drug-likeness (QED) is 0.0840. The smallest absolute Gasteiger partial charge is 0.410 e. The predicted octanol–water partition coefficient (Wildman–Crippen LogP) is 7.31. The molecule has 2 aromatic carbocycles. The zero-order chi connectivity index (χ0) is 40.5. The summed E-state index contributed by atoms with van der Waals surface area (Å²) in [5, 5.41) is 7.62. The molecule has 3 amide bonds. The zero-order valence-corrected chi connectivity index (χ0v) is 29.6. The van der Waals surface area contributed by atoms with Gasteiger partial charge in [0.2, 0.25) is 5.91 Å². The van der Waals surface area contributed by atoms with Gasteiger partial charge in [0.05, 0.1) is 43.4 Å². The van der Waals surface area contributed by atoms with Crippen LogP contribution in [0.15, 0.2) is 60.0 Å². The van der Waals surface area contributed by atoms with Crippen LogP contribution in [0.5, 0.6) is 0 Å². The molecule has 4 rings (SSSR count).